The summed E-state index contributed by atoms with van der Waals surface area (Å²) < 4.78 is 24.4. The second-order valence-corrected chi connectivity index (χ2v) is 17.3. The largest absolute Gasteiger partial charge is 0.507 e. The minimum Gasteiger partial charge on any atom is -0.507 e. The summed E-state index contributed by atoms with van der Waals surface area (Å²) in [5, 5.41) is 41.5. The van der Waals surface area contributed by atoms with E-state index in [4.69, 9.17) is 23.8 Å². The Hall–Kier alpha value is -5.88. The van der Waals surface area contributed by atoms with Gasteiger partial charge in [-0.25, -0.2) is 4.98 Å². The van der Waals surface area contributed by atoms with Crippen LogP contribution in [0.1, 0.15) is 80.3 Å². The van der Waals surface area contributed by atoms with Gasteiger partial charge in [0.25, 0.3) is 11.7 Å². The van der Waals surface area contributed by atoms with Crippen molar-refractivity contribution in [2.45, 2.75) is 85.6 Å². The first kappa shape index (κ1) is 48.6. The molecule has 1 aliphatic carbocycles. The van der Waals surface area contributed by atoms with Gasteiger partial charge >= 0.3 is 5.97 Å². The van der Waals surface area contributed by atoms with Crippen molar-refractivity contribution in [2.75, 3.05) is 51.3 Å². The number of aliphatic hydroxyl groups excluding tert-OH is 2. The van der Waals surface area contributed by atoms with Crippen LogP contribution in [0.3, 0.4) is 0 Å². The summed E-state index contributed by atoms with van der Waals surface area (Å²) in [6.45, 7) is 16.5. The van der Waals surface area contributed by atoms with Gasteiger partial charge in [-0.2, -0.15) is 0 Å². The number of hydrogen-bond acceptors (Lipinski definition) is 16. The number of aromatic nitrogens is 1. The fourth-order valence-electron chi connectivity index (χ4n) is 8.78. The van der Waals surface area contributed by atoms with Crippen LogP contribution in [-0.4, -0.2) is 131 Å². The Morgan fingerprint density at radius 2 is 1.71 bits per heavy atom. The van der Waals surface area contributed by atoms with Crippen LogP contribution in [0.2, 0.25) is 0 Å². The zero-order chi connectivity index (χ0) is 47.3. The van der Waals surface area contributed by atoms with Gasteiger partial charge in [-0.15, -0.1) is 0 Å². The molecule has 5 bridgehead atoms. The van der Waals surface area contributed by atoms with E-state index >= 15 is 0 Å². The molecule has 4 N–H and O–H groups in total. The fourth-order valence-corrected chi connectivity index (χ4v) is 8.78. The molecule has 5 aliphatic rings. The number of hydrogen-bond donors (Lipinski definition) is 4. The lowest BCUT2D eigenvalue weighted by atomic mass is 9.78. The van der Waals surface area contributed by atoms with Crippen LogP contribution in [0, 0.1) is 30.6 Å². The predicted octanol–water partition coefficient (Wildman–Crippen LogP) is 4.39. The molecule has 0 spiro atoms. The molecule has 0 radical (unpaired) electrons. The molecule has 17 nitrogen and oxygen atoms in total. The summed E-state index contributed by atoms with van der Waals surface area (Å²) in [6.07, 6.45) is 6.54. The van der Waals surface area contributed by atoms with E-state index in [1.54, 1.807) is 59.0 Å². The summed E-state index contributed by atoms with van der Waals surface area (Å²) in [5.74, 6) is -6.62. The van der Waals surface area contributed by atoms with Gasteiger partial charge in [-0.3, -0.25) is 24.1 Å². The second-order valence-electron chi connectivity index (χ2n) is 17.3. The van der Waals surface area contributed by atoms with E-state index in [-0.39, 0.29) is 51.6 Å². The number of nitrogens with one attached hydrogen (secondary N) is 1. The molecule has 1 aromatic heterocycles. The van der Waals surface area contributed by atoms with E-state index in [1.807, 2.05) is 18.2 Å². The third kappa shape index (κ3) is 10.3. The van der Waals surface area contributed by atoms with E-state index in [0.717, 1.165) is 38.1 Å². The number of carbonyl (C=O) groups is 4. The van der Waals surface area contributed by atoms with Crippen molar-refractivity contribution in [1.29, 1.82) is 0 Å². The number of rotatable bonds is 7. The number of methoxy groups -OCH3 is 1. The van der Waals surface area contributed by atoms with Gasteiger partial charge in [0.05, 0.1) is 47.0 Å². The van der Waals surface area contributed by atoms with Crippen LogP contribution >= 0.6 is 0 Å². The third-order valence-electron chi connectivity index (χ3n) is 12.8. The second kappa shape index (κ2) is 20.5. The molecular formula is C48H61N5O12. The number of aromatic hydroxyl groups is 1. The number of ether oxygens (including phenoxy) is 4. The zero-order valence-electron chi connectivity index (χ0n) is 38.4. The maximum absolute atomic E-state index is 14.2. The lowest BCUT2D eigenvalue weighted by Crippen LogP contribution is -2.47. The molecule has 0 saturated carbocycles. The predicted molar refractivity (Wildman–Crippen MR) is 240 cm³/mol. The number of benzene rings is 1. The van der Waals surface area contributed by atoms with E-state index < -0.39 is 83.1 Å². The van der Waals surface area contributed by atoms with E-state index in [0.29, 0.717) is 6.54 Å². The normalized spacial score (nSPS) is 29.7. The van der Waals surface area contributed by atoms with E-state index in [9.17, 15) is 34.5 Å². The number of carbonyl (C=O) groups excluding carboxylic acids is 4. The average molecular weight is 900 g/mol. The first-order chi connectivity index (χ1) is 30.9. The SMILES string of the molecule is CO[C@H]1C=CO[C@@]2(C)Oc3c(C)c(O)c4c(c3C2=NOCCN2CCN(c3ccccn3)CC2)C(=O)C=C(NC(=O)C(C)=CC=C[C@H](C)[C@H](O)[C@@H](C)[C@@H](O)[C@@H](C)[C@H](OC(C)=O)[C@@H]1C)C4=O. The lowest BCUT2D eigenvalue weighted by molar-refractivity contribution is -0.160. The molecule has 7 rings (SSSR count). The van der Waals surface area contributed by atoms with Gasteiger partial charge in [0, 0.05) is 101 Å². The van der Waals surface area contributed by atoms with E-state index in [2.05, 4.69) is 25.3 Å². The molecule has 350 valence electrons. The maximum Gasteiger partial charge on any atom is 0.302 e. The minimum atomic E-state index is -1.81. The van der Waals surface area contributed by atoms with Crippen molar-refractivity contribution in [3.05, 3.63) is 94.6 Å². The number of phenolic OH excluding ortho intramolecular Hbond substituents is 1. The fraction of sp³-hybridized carbons (Fsp3) is 0.500. The molecule has 65 heavy (non-hydrogen) atoms. The molecule has 1 amide bonds. The lowest BCUT2D eigenvalue weighted by Gasteiger charge is -2.38. The van der Waals surface area contributed by atoms with Crippen LogP contribution in [0.15, 0.2) is 77.5 Å². The van der Waals surface area contributed by atoms with Crippen molar-refractivity contribution in [1.82, 2.24) is 15.2 Å². The maximum atomic E-state index is 14.2. The van der Waals surface area contributed by atoms with Crippen molar-refractivity contribution < 1.29 is 58.3 Å². The Bertz CT molecular complexity index is 2280. The first-order valence-electron chi connectivity index (χ1n) is 21.9. The molecule has 1 aromatic carbocycles. The zero-order valence-corrected chi connectivity index (χ0v) is 38.4. The third-order valence-corrected chi connectivity index (χ3v) is 12.8. The number of allylic oxidation sites excluding steroid dienone is 4. The van der Waals surface area contributed by atoms with Gasteiger partial charge in [-0.05, 0) is 32.1 Å². The standard InChI is InChI=1S/C48H61N5O12/c1-26-13-12-14-27(2)47(60)50-33-25-34(55)37-38(43(33)59)42(58)31(6)45-39(37)46(51-63-24-22-52-18-20-53(21-19-52)36-15-10-11-17-49-36)48(8,65-45)62-23-16-35(61-9)28(3)44(64-32(7)54)30(5)41(57)29(4)40(26)56/h10-17,23,25-26,28-30,35,40-41,44,56-58H,18-22,24H2,1-9H3,(H,50,60)/t26-,28+,29+,30+,35-,40-,41+,44+,48-/m0/s1. The van der Waals surface area contributed by atoms with Crippen LogP contribution in [-0.2, 0) is 28.6 Å². The molecule has 17 heteroatoms. The van der Waals surface area contributed by atoms with Crippen molar-refractivity contribution in [3.8, 4) is 11.5 Å². The molecule has 1 saturated heterocycles. The summed E-state index contributed by atoms with van der Waals surface area (Å²) in [4.78, 5) is 69.1. The smallest absolute Gasteiger partial charge is 0.302 e. The van der Waals surface area contributed by atoms with Crippen LogP contribution in [0.4, 0.5) is 5.82 Å². The highest BCUT2D eigenvalue weighted by atomic mass is 16.7. The number of Topliss-reactive ketones (excluding diaryl/α,β-unsaturated/α-hetero) is 1. The number of anilines is 1. The Balaban J connectivity index is 1.38. The number of pyridine rings is 1. The quantitative estimate of drug-likeness (QED) is 0.172. The number of phenols is 1. The molecule has 0 unspecified atom stereocenters. The highest BCUT2D eigenvalue weighted by Gasteiger charge is 2.51. The molecule has 2 aromatic rings. The van der Waals surface area contributed by atoms with Gasteiger partial charge in [0.15, 0.2) is 11.5 Å². The molecule has 5 heterocycles. The highest BCUT2D eigenvalue weighted by molar-refractivity contribution is 6.31. The Morgan fingerprint density at radius 1 is 0.985 bits per heavy atom. The molecule has 4 aliphatic heterocycles. The number of oxime groups is 1. The van der Waals surface area contributed by atoms with Crippen molar-refractivity contribution in [3.63, 3.8) is 0 Å². The van der Waals surface area contributed by atoms with Gasteiger partial charge in [0.2, 0.25) is 5.78 Å². The number of amides is 1. The number of ketones is 2. The summed E-state index contributed by atoms with van der Waals surface area (Å²) >= 11 is 0. The molecular weight excluding hydrogens is 839 g/mol. The number of fused-ring (bicyclic) bond motifs is 14. The number of esters is 1. The average Bonchev–Trinajstić information content (AvgIpc) is 3.58. The topological polar surface area (TPSA) is 219 Å². The summed E-state index contributed by atoms with van der Waals surface area (Å²) in [7, 11) is 1.47. The van der Waals surface area contributed by atoms with E-state index in [1.165, 1.54) is 40.2 Å². The van der Waals surface area contributed by atoms with Gasteiger partial charge < -0.3 is 49.3 Å². The van der Waals surface area contributed by atoms with Gasteiger partial charge in [0.1, 0.15) is 30.0 Å². The highest BCUT2D eigenvalue weighted by Crippen LogP contribution is 2.48. The Morgan fingerprint density at radius 3 is 2.37 bits per heavy atom. The Kier molecular flexibility index (Phi) is 15.3. The minimum absolute atomic E-state index is 0.00292. The molecule has 1 fully saturated rings. The van der Waals surface area contributed by atoms with Crippen molar-refractivity contribution >= 4 is 35.0 Å². The monoisotopic (exact) mass is 899 g/mol. The van der Waals surface area contributed by atoms with Crippen LogP contribution in [0.5, 0.6) is 11.5 Å². The Labute approximate surface area is 379 Å². The van der Waals surface area contributed by atoms with Gasteiger partial charge in [-0.1, -0.05) is 57.1 Å². The van der Waals surface area contributed by atoms with Crippen LogP contribution in [0.25, 0.3) is 0 Å². The van der Waals surface area contributed by atoms with Crippen LogP contribution < -0.4 is 15.0 Å². The number of piperazine rings is 1. The number of nitrogens with zero attached hydrogens (tertiary/aromatic N) is 4. The first-order valence-corrected chi connectivity index (χ1v) is 21.9. The summed E-state index contributed by atoms with van der Waals surface area (Å²) in [5.41, 5.74) is -0.550. The summed E-state index contributed by atoms with van der Waals surface area (Å²) in [6, 6.07) is 5.81. The number of aliphatic hydroxyl groups is 2. The molecule has 9 atom stereocenters. The van der Waals surface area contributed by atoms with Crippen molar-refractivity contribution in [2.24, 2.45) is 28.8 Å².